The van der Waals surface area contributed by atoms with Crippen molar-refractivity contribution >= 4 is 52.2 Å². The summed E-state index contributed by atoms with van der Waals surface area (Å²) in [5.41, 5.74) is 0.114. The predicted molar refractivity (Wildman–Crippen MR) is 88.9 cm³/mol. The van der Waals surface area contributed by atoms with Crippen molar-refractivity contribution in [3.63, 3.8) is 0 Å². The number of rotatable bonds is 5. The zero-order valence-electron chi connectivity index (χ0n) is 11.4. The fourth-order valence-corrected chi connectivity index (χ4v) is 2.82. The van der Waals surface area contributed by atoms with Crippen LogP contribution in [-0.2, 0) is 4.79 Å². The van der Waals surface area contributed by atoms with Gasteiger partial charge in [0.15, 0.2) is 0 Å². The van der Waals surface area contributed by atoms with E-state index in [1.54, 1.807) is 0 Å². The highest BCUT2D eigenvalue weighted by Gasteiger charge is 2.12. The van der Waals surface area contributed by atoms with Gasteiger partial charge in [-0.1, -0.05) is 23.2 Å². The molecule has 5 nitrogen and oxygen atoms in total. The second-order valence-electron chi connectivity index (χ2n) is 4.33. The molecule has 0 atom stereocenters. The Hall–Kier alpha value is -1.83. The minimum absolute atomic E-state index is 0.0196. The molecule has 0 saturated heterocycles. The van der Waals surface area contributed by atoms with E-state index in [4.69, 9.17) is 23.2 Å². The van der Waals surface area contributed by atoms with Gasteiger partial charge in [0.2, 0.25) is 5.91 Å². The monoisotopic (exact) mass is 374 g/mol. The lowest BCUT2D eigenvalue weighted by atomic mass is 10.3. The summed E-state index contributed by atoms with van der Waals surface area (Å²) in [7, 11) is 0. The lowest BCUT2D eigenvalue weighted by Gasteiger charge is -2.07. The van der Waals surface area contributed by atoms with Gasteiger partial charge >= 0.3 is 0 Å². The second-order valence-corrected chi connectivity index (χ2v) is 6.20. The molecule has 0 spiro atoms. The number of nitrogens with zero attached hydrogens (tertiary/aromatic N) is 1. The van der Waals surface area contributed by atoms with Crippen LogP contribution < -0.4 is 5.32 Å². The van der Waals surface area contributed by atoms with Crippen molar-refractivity contribution < 1.29 is 14.1 Å². The highest BCUT2D eigenvalue weighted by Crippen LogP contribution is 2.28. The lowest BCUT2D eigenvalue weighted by molar-refractivity contribution is -0.384. The first-order valence-electron chi connectivity index (χ1n) is 6.18. The molecule has 0 aliphatic heterocycles. The molecule has 0 heterocycles. The van der Waals surface area contributed by atoms with Gasteiger partial charge in [0.05, 0.1) is 26.4 Å². The number of carbonyl (C=O) groups is 1. The average Bonchev–Trinajstić information content (AvgIpc) is 2.50. The van der Waals surface area contributed by atoms with E-state index in [1.807, 2.05) is 0 Å². The number of hydrogen-bond acceptors (Lipinski definition) is 4. The van der Waals surface area contributed by atoms with Crippen LogP contribution in [0.5, 0.6) is 0 Å². The number of non-ortho nitro benzene ring substituents is 1. The van der Waals surface area contributed by atoms with Crippen molar-refractivity contribution in [2.24, 2.45) is 0 Å². The number of nitro groups is 1. The summed E-state index contributed by atoms with van der Waals surface area (Å²) in [6.07, 6.45) is 0. The predicted octanol–water partition coefficient (Wildman–Crippen LogP) is 4.77. The maximum Gasteiger partial charge on any atom is 0.271 e. The minimum atomic E-state index is -0.578. The quantitative estimate of drug-likeness (QED) is 0.464. The molecule has 0 unspecified atom stereocenters. The third-order valence-corrected chi connectivity index (χ3v) is 4.29. The van der Waals surface area contributed by atoms with E-state index in [2.05, 4.69) is 5.32 Å². The van der Waals surface area contributed by atoms with Crippen LogP contribution in [0, 0.1) is 15.9 Å². The first kappa shape index (κ1) is 17.5. The van der Waals surface area contributed by atoms with Crippen LogP contribution in [0.15, 0.2) is 41.3 Å². The summed E-state index contributed by atoms with van der Waals surface area (Å²) in [6.45, 7) is 0. The van der Waals surface area contributed by atoms with Crippen molar-refractivity contribution in [2.45, 2.75) is 4.90 Å². The number of hydrogen-bond donors (Lipinski definition) is 1. The Morgan fingerprint density at radius 3 is 2.57 bits per heavy atom. The summed E-state index contributed by atoms with van der Waals surface area (Å²) in [6, 6.07) is 7.91. The van der Waals surface area contributed by atoms with Crippen LogP contribution >= 0.6 is 35.0 Å². The van der Waals surface area contributed by atoms with E-state index in [0.717, 1.165) is 6.07 Å². The van der Waals surface area contributed by atoms with E-state index in [9.17, 15) is 19.3 Å². The first-order valence-corrected chi connectivity index (χ1v) is 7.92. The number of benzene rings is 2. The van der Waals surface area contributed by atoms with Gasteiger partial charge in [-0.3, -0.25) is 14.9 Å². The van der Waals surface area contributed by atoms with Gasteiger partial charge in [0, 0.05) is 17.0 Å². The Bertz CT molecular complexity index is 774. The molecule has 1 N–H and O–H groups in total. The molecular formula is C14H9Cl2FN2O3S. The summed E-state index contributed by atoms with van der Waals surface area (Å²) < 4.78 is 13.0. The van der Waals surface area contributed by atoms with Crippen LogP contribution in [0.3, 0.4) is 0 Å². The summed E-state index contributed by atoms with van der Waals surface area (Å²) in [4.78, 5) is 22.6. The van der Waals surface area contributed by atoms with Crippen LogP contribution in [0.4, 0.5) is 15.8 Å². The molecule has 2 aromatic carbocycles. The highest BCUT2D eigenvalue weighted by atomic mass is 35.5. The zero-order chi connectivity index (χ0) is 17.0. The van der Waals surface area contributed by atoms with Crippen molar-refractivity contribution in [3.05, 3.63) is 62.4 Å². The smallest absolute Gasteiger partial charge is 0.271 e. The molecule has 23 heavy (non-hydrogen) atoms. The summed E-state index contributed by atoms with van der Waals surface area (Å²) in [5, 5.41) is 13.2. The normalized spacial score (nSPS) is 10.4. The Morgan fingerprint density at radius 1 is 1.22 bits per heavy atom. The standard InChI is InChI=1S/C14H9Cl2FN2O3S/c15-10-6-9(2-3-12(10)17)23-7-14(20)18-13-4-1-8(19(21)22)5-11(13)16/h1-6H,7H2,(H,18,20). The second kappa shape index (κ2) is 7.63. The summed E-state index contributed by atoms with van der Waals surface area (Å²) in [5.74, 6) is -0.834. The van der Waals surface area contributed by atoms with E-state index in [-0.39, 0.29) is 33.1 Å². The Balaban J connectivity index is 1.97. The van der Waals surface area contributed by atoms with Crippen LogP contribution in [0.25, 0.3) is 0 Å². The van der Waals surface area contributed by atoms with E-state index < -0.39 is 10.7 Å². The van der Waals surface area contributed by atoms with Crippen LogP contribution in [0.1, 0.15) is 0 Å². The highest BCUT2D eigenvalue weighted by molar-refractivity contribution is 8.00. The lowest BCUT2D eigenvalue weighted by Crippen LogP contribution is -2.14. The fraction of sp³-hybridized carbons (Fsp3) is 0.0714. The van der Waals surface area contributed by atoms with E-state index >= 15 is 0 Å². The molecule has 0 bridgehead atoms. The average molecular weight is 375 g/mol. The van der Waals surface area contributed by atoms with Gasteiger partial charge in [-0.15, -0.1) is 11.8 Å². The van der Waals surface area contributed by atoms with Crippen LogP contribution in [-0.4, -0.2) is 16.6 Å². The number of amides is 1. The Morgan fingerprint density at radius 2 is 1.96 bits per heavy atom. The SMILES string of the molecule is O=C(CSc1ccc(F)c(Cl)c1)Nc1ccc([N+](=O)[O-])cc1Cl. The van der Waals surface area contributed by atoms with Crippen LogP contribution in [0.2, 0.25) is 10.0 Å². The topological polar surface area (TPSA) is 72.2 Å². The number of anilines is 1. The molecule has 2 aromatic rings. The molecule has 0 radical (unpaired) electrons. The molecule has 1 amide bonds. The zero-order valence-corrected chi connectivity index (χ0v) is 13.7. The van der Waals surface area contributed by atoms with Gasteiger partial charge in [-0.05, 0) is 24.3 Å². The van der Waals surface area contributed by atoms with E-state index in [0.29, 0.717) is 4.90 Å². The van der Waals surface area contributed by atoms with Gasteiger partial charge in [-0.25, -0.2) is 4.39 Å². The van der Waals surface area contributed by atoms with Gasteiger partial charge < -0.3 is 5.32 Å². The minimum Gasteiger partial charge on any atom is -0.324 e. The first-order chi connectivity index (χ1) is 10.9. The number of thioether (sulfide) groups is 1. The summed E-state index contributed by atoms with van der Waals surface area (Å²) >= 11 is 12.7. The van der Waals surface area contributed by atoms with Crippen molar-refractivity contribution in [3.8, 4) is 0 Å². The molecule has 0 saturated carbocycles. The number of carbonyl (C=O) groups excluding carboxylic acids is 1. The third kappa shape index (κ3) is 4.82. The van der Waals surface area contributed by atoms with Crippen molar-refractivity contribution in [1.82, 2.24) is 0 Å². The number of nitrogens with one attached hydrogen (secondary N) is 1. The molecule has 0 fully saturated rings. The van der Waals surface area contributed by atoms with Gasteiger partial charge in [0.1, 0.15) is 5.82 Å². The molecule has 2 rings (SSSR count). The Labute approximate surface area is 144 Å². The largest absolute Gasteiger partial charge is 0.324 e. The molecule has 0 aliphatic carbocycles. The van der Waals surface area contributed by atoms with Crippen molar-refractivity contribution in [1.29, 1.82) is 0 Å². The molecule has 0 aromatic heterocycles. The van der Waals surface area contributed by atoms with E-state index in [1.165, 1.54) is 42.1 Å². The Kier molecular flexibility index (Phi) is 5.81. The molecule has 9 heteroatoms. The van der Waals surface area contributed by atoms with Gasteiger partial charge in [0.25, 0.3) is 5.69 Å². The molecule has 0 aliphatic rings. The fourth-order valence-electron chi connectivity index (χ4n) is 1.62. The third-order valence-electron chi connectivity index (χ3n) is 2.70. The molecular weight excluding hydrogens is 366 g/mol. The maximum absolute atomic E-state index is 13.0. The maximum atomic E-state index is 13.0. The number of halogens is 3. The van der Waals surface area contributed by atoms with Gasteiger partial charge in [-0.2, -0.15) is 0 Å². The molecule has 120 valence electrons. The number of nitro benzene ring substituents is 1. The van der Waals surface area contributed by atoms with Crippen molar-refractivity contribution in [2.75, 3.05) is 11.1 Å².